The van der Waals surface area contributed by atoms with E-state index in [2.05, 4.69) is 5.32 Å². The predicted molar refractivity (Wildman–Crippen MR) is 116 cm³/mol. The van der Waals surface area contributed by atoms with Crippen LogP contribution >= 0.6 is 0 Å². The third-order valence-electron chi connectivity index (χ3n) is 5.01. The molecular formula is C22H26N2O6S. The van der Waals surface area contributed by atoms with Crippen molar-refractivity contribution in [3.63, 3.8) is 0 Å². The lowest BCUT2D eigenvalue weighted by molar-refractivity contribution is -0.119. The number of hydrogen-bond acceptors (Lipinski definition) is 6. The van der Waals surface area contributed by atoms with Crippen molar-refractivity contribution in [1.82, 2.24) is 4.31 Å². The minimum Gasteiger partial charge on any atom is -0.495 e. The van der Waals surface area contributed by atoms with Gasteiger partial charge in [-0.05, 0) is 61.7 Å². The Morgan fingerprint density at radius 2 is 1.71 bits per heavy atom. The molecule has 31 heavy (non-hydrogen) atoms. The number of hydrogen-bond donors (Lipinski definition) is 1. The Morgan fingerprint density at radius 1 is 1.03 bits per heavy atom. The minimum absolute atomic E-state index is 0.134. The number of aryl methyl sites for hydroxylation is 1. The second kappa shape index (κ2) is 9.93. The van der Waals surface area contributed by atoms with E-state index in [1.165, 1.54) is 35.7 Å². The molecule has 0 aromatic heterocycles. The summed E-state index contributed by atoms with van der Waals surface area (Å²) < 4.78 is 37.1. The molecule has 9 heteroatoms. The van der Waals surface area contributed by atoms with Crippen molar-refractivity contribution in [2.75, 3.05) is 32.1 Å². The maximum Gasteiger partial charge on any atom is 0.338 e. The Hall–Kier alpha value is -2.91. The fourth-order valence-corrected chi connectivity index (χ4v) is 4.85. The summed E-state index contributed by atoms with van der Waals surface area (Å²) in [6.45, 7) is 2.41. The van der Waals surface area contributed by atoms with Crippen molar-refractivity contribution in [2.45, 2.75) is 31.1 Å². The molecule has 1 heterocycles. The number of carbonyl (C=O) groups excluding carboxylic acids is 2. The summed E-state index contributed by atoms with van der Waals surface area (Å²) >= 11 is 0. The van der Waals surface area contributed by atoms with Crippen LogP contribution in [0.4, 0.5) is 5.69 Å². The van der Waals surface area contributed by atoms with Crippen LogP contribution in [0.5, 0.6) is 5.75 Å². The highest BCUT2D eigenvalue weighted by Crippen LogP contribution is 2.25. The summed E-state index contributed by atoms with van der Waals surface area (Å²) in [5.74, 6) is -0.731. The molecule has 0 unspecified atom stereocenters. The number of rotatable bonds is 7. The number of methoxy groups -OCH3 is 1. The second-order valence-electron chi connectivity index (χ2n) is 7.32. The van der Waals surface area contributed by atoms with E-state index < -0.39 is 28.5 Å². The molecule has 0 radical (unpaired) electrons. The van der Waals surface area contributed by atoms with Gasteiger partial charge in [-0.15, -0.1) is 0 Å². The van der Waals surface area contributed by atoms with Crippen LogP contribution < -0.4 is 10.1 Å². The Kier molecular flexibility index (Phi) is 7.29. The highest BCUT2D eigenvalue weighted by atomic mass is 32.2. The highest BCUT2D eigenvalue weighted by molar-refractivity contribution is 7.89. The van der Waals surface area contributed by atoms with Gasteiger partial charge >= 0.3 is 5.97 Å². The number of ether oxygens (including phenoxy) is 2. The molecule has 0 spiro atoms. The van der Waals surface area contributed by atoms with E-state index in [1.54, 1.807) is 12.1 Å². The number of nitrogens with one attached hydrogen (secondary N) is 1. The maximum atomic E-state index is 12.7. The van der Waals surface area contributed by atoms with Crippen LogP contribution in [0.3, 0.4) is 0 Å². The molecule has 0 saturated carbocycles. The number of piperidine rings is 1. The minimum atomic E-state index is -3.57. The molecule has 2 aromatic rings. The Labute approximate surface area is 182 Å². The molecule has 1 fully saturated rings. The van der Waals surface area contributed by atoms with Crippen LogP contribution in [-0.2, 0) is 19.6 Å². The van der Waals surface area contributed by atoms with Crippen molar-refractivity contribution in [1.29, 1.82) is 0 Å². The SMILES string of the molecule is COc1ccc(C)cc1NC(=O)COC(=O)c1ccc(S(=O)(=O)N2CCCCC2)cc1. The number of sulfonamides is 1. The highest BCUT2D eigenvalue weighted by Gasteiger charge is 2.26. The molecular weight excluding hydrogens is 420 g/mol. The van der Waals surface area contributed by atoms with Crippen LogP contribution in [0.15, 0.2) is 47.4 Å². The lowest BCUT2D eigenvalue weighted by atomic mass is 10.2. The van der Waals surface area contributed by atoms with Gasteiger partial charge in [-0.2, -0.15) is 4.31 Å². The maximum absolute atomic E-state index is 12.7. The van der Waals surface area contributed by atoms with Crippen LogP contribution in [0.2, 0.25) is 0 Å². The van der Waals surface area contributed by atoms with Gasteiger partial charge in [0, 0.05) is 13.1 Å². The summed E-state index contributed by atoms with van der Waals surface area (Å²) in [6.07, 6.45) is 2.72. The van der Waals surface area contributed by atoms with E-state index in [9.17, 15) is 18.0 Å². The normalized spacial score (nSPS) is 14.6. The van der Waals surface area contributed by atoms with Gasteiger partial charge in [-0.1, -0.05) is 12.5 Å². The average molecular weight is 447 g/mol. The third-order valence-corrected chi connectivity index (χ3v) is 6.92. The Bertz CT molecular complexity index is 1040. The van der Waals surface area contributed by atoms with E-state index in [0.29, 0.717) is 24.5 Å². The largest absolute Gasteiger partial charge is 0.495 e. The molecule has 1 amide bonds. The van der Waals surface area contributed by atoms with Crippen LogP contribution in [0.25, 0.3) is 0 Å². The van der Waals surface area contributed by atoms with Crippen molar-refractivity contribution >= 4 is 27.6 Å². The number of amides is 1. The number of nitrogens with zero attached hydrogens (tertiary/aromatic N) is 1. The summed E-state index contributed by atoms with van der Waals surface area (Å²) in [7, 11) is -2.07. The first kappa shape index (κ1) is 22.8. The second-order valence-corrected chi connectivity index (χ2v) is 9.26. The van der Waals surface area contributed by atoms with Gasteiger partial charge < -0.3 is 14.8 Å². The molecule has 1 aliphatic heterocycles. The lowest BCUT2D eigenvalue weighted by Crippen LogP contribution is -2.35. The molecule has 3 rings (SSSR count). The topological polar surface area (TPSA) is 102 Å². The summed E-state index contributed by atoms with van der Waals surface area (Å²) in [5, 5.41) is 2.65. The first-order chi connectivity index (χ1) is 14.8. The van der Waals surface area contributed by atoms with Crippen LogP contribution in [-0.4, -0.2) is 51.4 Å². The third kappa shape index (κ3) is 5.62. The van der Waals surface area contributed by atoms with Crippen molar-refractivity contribution < 1.29 is 27.5 Å². The molecule has 166 valence electrons. The summed E-state index contributed by atoms with van der Waals surface area (Å²) in [5.41, 5.74) is 1.59. The molecule has 0 aliphatic carbocycles. The molecule has 2 aromatic carbocycles. The van der Waals surface area contributed by atoms with Gasteiger partial charge in [-0.25, -0.2) is 13.2 Å². The fourth-order valence-electron chi connectivity index (χ4n) is 3.34. The molecule has 0 atom stereocenters. The average Bonchev–Trinajstić information content (AvgIpc) is 2.78. The molecule has 8 nitrogen and oxygen atoms in total. The van der Waals surface area contributed by atoms with Crippen LogP contribution in [0.1, 0.15) is 35.2 Å². The number of anilines is 1. The van der Waals surface area contributed by atoms with Gasteiger partial charge in [0.2, 0.25) is 10.0 Å². The zero-order chi connectivity index (χ0) is 22.4. The first-order valence-electron chi connectivity index (χ1n) is 10.0. The number of esters is 1. The standard InChI is InChI=1S/C22H26N2O6S/c1-16-6-11-20(29-2)19(14-16)23-21(25)15-30-22(26)17-7-9-18(10-8-17)31(27,28)24-12-4-3-5-13-24/h6-11,14H,3-5,12-13,15H2,1-2H3,(H,23,25). The van der Waals surface area contributed by atoms with Gasteiger partial charge in [0.1, 0.15) is 5.75 Å². The fraction of sp³-hybridized carbons (Fsp3) is 0.364. The quantitative estimate of drug-likeness (QED) is 0.656. The van der Waals surface area contributed by atoms with Crippen molar-refractivity contribution in [2.24, 2.45) is 0 Å². The molecule has 0 bridgehead atoms. The number of benzene rings is 2. The van der Waals surface area contributed by atoms with Crippen molar-refractivity contribution in [3.8, 4) is 5.75 Å². The summed E-state index contributed by atoms with van der Waals surface area (Å²) in [6, 6.07) is 10.9. The van der Waals surface area contributed by atoms with Gasteiger partial charge in [0.15, 0.2) is 6.61 Å². The smallest absolute Gasteiger partial charge is 0.338 e. The zero-order valence-corrected chi connectivity index (χ0v) is 18.4. The summed E-state index contributed by atoms with van der Waals surface area (Å²) in [4.78, 5) is 24.5. The van der Waals surface area contributed by atoms with Crippen LogP contribution in [0, 0.1) is 6.92 Å². The van der Waals surface area contributed by atoms with E-state index >= 15 is 0 Å². The predicted octanol–water partition coefficient (Wildman–Crippen LogP) is 2.97. The number of carbonyl (C=O) groups is 2. The Morgan fingerprint density at radius 3 is 2.35 bits per heavy atom. The van der Waals surface area contributed by atoms with Gasteiger partial charge in [0.05, 0.1) is 23.3 Å². The monoisotopic (exact) mass is 446 g/mol. The first-order valence-corrected chi connectivity index (χ1v) is 11.5. The Balaban J connectivity index is 1.58. The van der Waals surface area contributed by atoms with Crippen molar-refractivity contribution in [3.05, 3.63) is 53.6 Å². The van der Waals surface area contributed by atoms with E-state index in [1.807, 2.05) is 13.0 Å². The zero-order valence-electron chi connectivity index (χ0n) is 17.6. The van der Waals surface area contributed by atoms with E-state index in [-0.39, 0.29) is 10.5 Å². The molecule has 1 N–H and O–H groups in total. The molecule has 1 saturated heterocycles. The van der Waals surface area contributed by atoms with E-state index in [4.69, 9.17) is 9.47 Å². The lowest BCUT2D eigenvalue weighted by Gasteiger charge is -2.25. The van der Waals surface area contributed by atoms with Gasteiger partial charge in [0.25, 0.3) is 5.91 Å². The van der Waals surface area contributed by atoms with Gasteiger partial charge in [-0.3, -0.25) is 4.79 Å². The molecule has 1 aliphatic rings. The van der Waals surface area contributed by atoms with E-state index in [0.717, 1.165) is 24.8 Å².